The van der Waals surface area contributed by atoms with E-state index >= 15 is 0 Å². The van der Waals surface area contributed by atoms with E-state index in [2.05, 4.69) is 24.1 Å². The first-order valence-corrected chi connectivity index (χ1v) is 10.8. The van der Waals surface area contributed by atoms with Crippen molar-refractivity contribution in [1.82, 2.24) is 14.9 Å². The summed E-state index contributed by atoms with van der Waals surface area (Å²) in [6, 6.07) is 7.68. The Morgan fingerprint density at radius 1 is 1.21 bits per heavy atom. The number of aromatic nitrogens is 2. The lowest BCUT2D eigenvalue weighted by Crippen LogP contribution is -2.47. The maximum Gasteiger partial charge on any atom is 0.261 e. The summed E-state index contributed by atoms with van der Waals surface area (Å²) in [6.45, 7) is 5.55. The highest BCUT2D eigenvalue weighted by atomic mass is 16.5. The SMILES string of the molecule is CC1(C)C[C@H](NC(=O)C2CCC(Cn3cnc4ccccc4c3=O)CC2)CCO1. The van der Waals surface area contributed by atoms with Gasteiger partial charge in [-0.3, -0.25) is 14.2 Å². The van der Waals surface area contributed by atoms with Crippen LogP contribution in [-0.2, 0) is 16.1 Å². The van der Waals surface area contributed by atoms with Crippen molar-refractivity contribution in [2.24, 2.45) is 11.8 Å². The maximum atomic E-state index is 12.7. The molecule has 4 rings (SSSR count). The topological polar surface area (TPSA) is 73.2 Å². The predicted molar refractivity (Wildman–Crippen MR) is 113 cm³/mol. The molecule has 0 radical (unpaired) electrons. The first kappa shape index (κ1) is 20.1. The molecule has 2 fully saturated rings. The Morgan fingerprint density at radius 3 is 2.72 bits per heavy atom. The quantitative estimate of drug-likeness (QED) is 0.859. The lowest BCUT2D eigenvalue weighted by Gasteiger charge is -2.37. The van der Waals surface area contributed by atoms with E-state index in [0.717, 1.165) is 44.0 Å². The number of hydrogen-bond donors (Lipinski definition) is 1. The van der Waals surface area contributed by atoms with Crippen LogP contribution in [0.4, 0.5) is 0 Å². The zero-order valence-corrected chi connectivity index (χ0v) is 17.4. The van der Waals surface area contributed by atoms with Crippen molar-refractivity contribution in [2.45, 2.75) is 70.6 Å². The van der Waals surface area contributed by atoms with Gasteiger partial charge in [-0.25, -0.2) is 4.98 Å². The zero-order valence-electron chi connectivity index (χ0n) is 17.4. The third-order valence-electron chi connectivity index (χ3n) is 6.45. The second-order valence-electron chi connectivity index (χ2n) is 9.24. The number of benzene rings is 1. The van der Waals surface area contributed by atoms with Crippen LogP contribution in [0.2, 0.25) is 0 Å². The van der Waals surface area contributed by atoms with Gasteiger partial charge < -0.3 is 10.1 Å². The summed E-state index contributed by atoms with van der Waals surface area (Å²) in [5, 5.41) is 3.92. The maximum absolute atomic E-state index is 12.7. The van der Waals surface area contributed by atoms with E-state index in [1.807, 2.05) is 24.3 Å². The molecule has 6 nitrogen and oxygen atoms in total. The van der Waals surface area contributed by atoms with Crippen LogP contribution in [0.5, 0.6) is 0 Å². The molecular formula is C23H31N3O3. The Kier molecular flexibility index (Phi) is 5.72. The summed E-state index contributed by atoms with van der Waals surface area (Å²) in [6.07, 6.45) is 7.13. The summed E-state index contributed by atoms with van der Waals surface area (Å²) < 4.78 is 7.48. The Labute approximate surface area is 171 Å². The molecule has 1 aromatic heterocycles. The summed E-state index contributed by atoms with van der Waals surface area (Å²) in [5.41, 5.74) is 0.609. The summed E-state index contributed by atoms with van der Waals surface area (Å²) in [5.74, 6) is 0.695. The number of hydrogen-bond acceptors (Lipinski definition) is 4. The Hall–Kier alpha value is -2.21. The number of amides is 1. The fourth-order valence-electron chi connectivity index (χ4n) is 4.80. The number of nitrogens with one attached hydrogen (secondary N) is 1. The molecule has 0 bridgehead atoms. The van der Waals surface area contributed by atoms with E-state index in [1.165, 1.54) is 0 Å². The molecular weight excluding hydrogens is 366 g/mol. The van der Waals surface area contributed by atoms with E-state index in [0.29, 0.717) is 24.5 Å². The second-order valence-corrected chi connectivity index (χ2v) is 9.24. The van der Waals surface area contributed by atoms with Crippen molar-refractivity contribution in [3.63, 3.8) is 0 Å². The van der Waals surface area contributed by atoms with Crippen LogP contribution in [0.3, 0.4) is 0 Å². The van der Waals surface area contributed by atoms with Crippen molar-refractivity contribution < 1.29 is 9.53 Å². The monoisotopic (exact) mass is 397 g/mol. The number of para-hydroxylation sites is 1. The van der Waals surface area contributed by atoms with Crippen molar-refractivity contribution in [2.75, 3.05) is 6.61 Å². The van der Waals surface area contributed by atoms with Crippen LogP contribution in [0.15, 0.2) is 35.4 Å². The van der Waals surface area contributed by atoms with Crippen molar-refractivity contribution in [3.05, 3.63) is 40.9 Å². The van der Waals surface area contributed by atoms with Gasteiger partial charge in [0.2, 0.25) is 5.91 Å². The number of rotatable bonds is 4. The molecule has 1 aromatic carbocycles. The number of carbonyl (C=O) groups excluding carboxylic acids is 1. The number of carbonyl (C=O) groups is 1. The Balaban J connectivity index is 1.31. The molecule has 1 aliphatic carbocycles. The third kappa shape index (κ3) is 4.69. The minimum atomic E-state index is -0.158. The molecule has 1 saturated carbocycles. The van der Waals surface area contributed by atoms with Gasteiger partial charge in [-0.15, -0.1) is 0 Å². The molecule has 1 amide bonds. The smallest absolute Gasteiger partial charge is 0.261 e. The molecule has 156 valence electrons. The predicted octanol–water partition coefficient (Wildman–Crippen LogP) is 3.28. The largest absolute Gasteiger partial charge is 0.375 e. The van der Waals surface area contributed by atoms with Gasteiger partial charge >= 0.3 is 0 Å². The third-order valence-corrected chi connectivity index (χ3v) is 6.45. The van der Waals surface area contributed by atoms with Gasteiger partial charge in [0.05, 0.1) is 22.8 Å². The number of ether oxygens (including phenoxy) is 1. The van der Waals surface area contributed by atoms with Gasteiger partial charge in [-0.05, 0) is 70.4 Å². The van der Waals surface area contributed by atoms with Crippen molar-refractivity contribution >= 4 is 16.8 Å². The molecule has 1 atom stereocenters. The summed E-state index contributed by atoms with van der Waals surface area (Å²) in [7, 11) is 0. The standard InChI is InChI=1S/C23H31N3O3/c1-23(2)13-18(11-12-29-23)25-21(27)17-9-7-16(8-10-17)14-26-15-24-20-6-4-3-5-19(20)22(26)28/h3-6,15-18H,7-14H2,1-2H3,(H,25,27)/t16?,17?,18-/m1/s1. The van der Waals surface area contributed by atoms with E-state index in [1.54, 1.807) is 10.9 Å². The highest BCUT2D eigenvalue weighted by molar-refractivity contribution is 5.79. The highest BCUT2D eigenvalue weighted by Crippen LogP contribution is 2.31. The van der Waals surface area contributed by atoms with Crippen LogP contribution >= 0.6 is 0 Å². The van der Waals surface area contributed by atoms with Crippen LogP contribution < -0.4 is 10.9 Å². The molecule has 1 saturated heterocycles. The first-order chi connectivity index (χ1) is 13.9. The second kappa shape index (κ2) is 8.27. The lowest BCUT2D eigenvalue weighted by molar-refractivity contribution is -0.129. The van der Waals surface area contributed by atoms with E-state index in [9.17, 15) is 9.59 Å². The van der Waals surface area contributed by atoms with Gasteiger partial charge in [0.15, 0.2) is 0 Å². The summed E-state index contributed by atoms with van der Waals surface area (Å²) >= 11 is 0. The van der Waals surface area contributed by atoms with Crippen LogP contribution in [0.1, 0.15) is 52.4 Å². The minimum absolute atomic E-state index is 0.0256. The molecule has 0 spiro atoms. The lowest BCUT2D eigenvalue weighted by atomic mass is 9.81. The molecule has 1 N–H and O–H groups in total. The fourth-order valence-corrected chi connectivity index (χ4v) is 4.80. The van der Waals surface area contributed by atoms with E-state index < -0.39 is 0 Å². The van der Waals surface area contributed by atoms with Crippen molar-refractivity contribution in [1.29, 1.82) is 0 Å². The van der Waals surface area contributed by atoms with Gasteiger partial charge in [-0.2, -0.15) is 0 Å². The van der Waals surface area contributed by atoms with E-state index in [-0.39, 0.29) is 29.0 Å². The zero-order chi connectivity index (χ0) is 20.4. The molecule has 0 unspecified atom stereocenters. The fraction of sp³-hybridized carbons (Fsp3) is 0.609. The molecule has 2 heterocycles. The van der Waals surface area contributed by atoms with Gasteiger partial charge in [0.1, 0.15) is 0 Å². The highest BCUT2D eigenvalue weighted by Gasteiger charge is 2.32. The number of fused-ring (bicyclic) bond motifs is 1. The van der Waals surface area contributed by atoms with Crippen LogP contribution in [0, 0.1) is 11.8 Å². The summed E-state index contributed by atoms with van der Waals surface area (Å²) in [4.78, 5) is 29.8. The average Bonchev–Trinajstić information content (AvgIpc) is 2.70. The van der Waals surface area contributed by atoms with Gasteiger partial charge in [0.25, 0.3) is 5.56 Å². The number of nitrogens with zero attached hydrogens (tertiary/aromatic N) is 2. The minimum Gasteiger partial charge on any atom is -0.375 e. The molecule has 6 heteroatoms. The molecule has 2 aliphatic rings. The van der Waals surface area contributed by atoms with E-state index in [4.69, 9.17) is 4.74 Å². The average molecular weight is 398 g/mol. The van der Waals surface area contributed by atoms with Gasteiger partial charge in [-0.1, -0.05) is 12.1 Å². The Morgan fingerprint density at radius 2 is 1.97 bits per heavy atom. The van der Waals surface area contributed by atoms with Crippen LogP contribution in [-0.4, -0.2) is 33.7 Å². The molecule has 2 aromatic rings. The van der Waals surface area contributed by atoms with Crippen molar-refractivity contribution in [3.8, 4) is 0 Å². The molecule has 1 aliphatic heterocycles. The normalized spacial score (nSPS) is 26.9. The van der Waals surface area contributed by atoms with Gasteiger partial charge in [0, 0.05) is 25.1 Å². The molecule has 29 heavy (non-hydrogen) atoms. The van der Waals surface area contributed by atoms with Crippen LogP contribution in [0.25, 0.3) is 10.9 Å². The first-order valence-electron chi connectivity index (χ1n) is 10.8. The Bertz CT molecular complexity index is 928.